The number of rotatable bonds is 8. The SMILES string of the molecule is CC(C(=O)O)N(Cc1ccccc1[N+](=O)[O-])S(=O)(=O)Cc1ccccc1. The van der Waals surface area contributed by atoms with Gasteiger partial charge in [0.25, 0.3) is 5.69 Å². The molecule has 0 fully saturated rings. The van der Waals surface area contributed by atoms with Gasteiger partial charge in [-0.05, 0) is 12.5 Å². The number of nitro benzene ring substituents is 1. The lowest BCUT2D eigenvalue weighted by Crippen LogP contribution is -2.43. The number of sulfonamides is 1. The van der Waals surface area contributed by atoms with Crippen molar-refractivity contribution in [3.63, 3.8) is 0 Å². The van der Waals surface area contributed by atoms with Crippen LogP contribution in [0.1, 0.15) is 18.1 Å². The number of para-hydroxylation sites is 1. The highest BCUT2D eigenvalue weighted by Crippen LogP contribution is 2.24. The van der Waals surface area contributed by atoms with Crippen LogP contribution in [0, 0.1) is 10.1 Å². The maximum absolute atomic E-state index is 12.8. The molecule has 1 N–H and O–H groups in total. The number of hydrogen-bond donors (Lipinski definition) is 1. The molecule has 26 heavy (non-hydrogen) atoms. The summed E-state index contributed by atoms with van der Waals surface area (Å²) in [5.74, 6) is -1.73. The van der Waals surface area contributed by atoms with Gasteiger partial charge in [0.05, 0.1) is 10.7 Å². The standard InChI is InChI=1S/C17H18N2O6S/c1-13(17(20)21)18(11-15-9-5-6-10-16(15)19(22)23)26(24,25)12-14-7-3-2-4-8-14/h2-10,13H,11-12H2,1H3,(H,20,21). The Bertz CT molecular complexity index is 898. The molecule has 0 heterocycles. The fraction of sp³-hybridized carbons (Fsp3) is 0.235. The van der Waals surface area contributed by atoms with Crippen molar-refractivity contribution in [2.75, 3.05) is 0 Å². The minimum atomic E-state index is -4.03. The first kappa shape index (κ1) is 19.5. The first-order valence-electron chi connectivity index (χ1n) is 7.71. The molecule has 0 aliphatic carbocycles. The Balaban J connectivity index is 2.41. The number of carbonyl (C=O) groups is 1. The zero-order valence-corrected chi connectivity index (χ0v) is 14.8. The van der Waals surface area contributed by atoms with Crippen LogP contribution in [-0.4, -0.2) is 34.8 Å². The van der Waals surface area contributed by atoms with Crippen molar-refractivity contribution in [1.29, 1.82) is 0 Å². The summed E-state index contributed by atoms with van der Waals surface area (Å²) in [5, 5.41) is 20.5. The van der Waals surface area contributed by atoms with E-state index in [0.29, 0.717) is 5.56 Å². The van der Waals surface area contributed by atoms with Crippen molar-refractivity contribution in [3.05, 3.63) is 75.8 Å². The lowest BCUT2D eigenvalue weighted by molar-refractivity contribution is -0.385. The van der Waals surface area contributed by atoms with E-state index in [1.54, 1.807) is 30.3 Å². The summed E-state index contributed by atoms with van der Waals surface area (Å²) in [4.78, 5) is 22.0. The lowest BCUT2D eigenvalue weighted by Gasteiger charge is -2.25. The largest absolute Gasteiger partial charge is 0.480 e. The van der Waals surface area contributed by atoms with Gasteiger partial charge < -0.3 is 5.11 Å². The average Bonchev–Trinajstić information content (AvgIpc) is 2.59. The summed E-state index contributed by atoms with van der Waals surface area (Å²) in [5.41, 5.74) is 0.366. The molecule has 1 atom stereocenters. The zero-order valence-electron chi connectivity index (χ0n) is 14.0. The number of carboxylic acid groups (broad SMARTS) is 1. The fourth-order valence-corrected chi connectivity index (χ4v) is 4.14. The molecular formula is C17H18N2O6S. The van der Waals surface area contributed by atoms with Crippen molar-refractivity contribution >= 4 is 21.7 Å². The van der Waals surface area contributed by atoms with E-state index in [1.807, 2.05) is 0 Å². The third-order valence-electron chi connectivity index (χ3n) is 3.85. The molecule has 0 amide bonds. The minimum absolute atomic E-state index is 0.127. The zero-order chi connectivity index (χ0) is 19.3. The second-order valence-corrected chi connectivity index (χ2v) is 7.61. The fourth-order valence-electron chi connectivity index (χ4n) is 2.46. The van der Waals surface area contributed by atoms with E-state index in [0.717, 1.165) is 4.31 Å². The van der Waals surface area contributed by atoms with Crippen LogP contribution in [0.25, 0.3) is 0 Å². The molecule has 1 unspecified atom stereocenters. The van der Waals surface area contributed by atoms with Gasteiger partial charge in [-0.25, -0.2) is 8.42 Å². The summed E-state index contributed by atoms with van der Waals surface area (Å²) < 4.78 is 26.4. The van der Waals surface area contributed by atoms with E-state index in [-0.39, 0.29) is 11.3 Å². The van der Waals surface area contributed by atoms with E-state index < -0.39 is 39.3 Å². The number of benzene rings is 2. The Morgan fingerprint density at radius 2 is 1.73 bits per heavy atom. The molecule has 0 spiro atoms. The molecule has 2 rings (SSSR count). The van der Waals surface area contributed by atoms with Crippen molar-refractivity contribution in [1.82, 2.24) is 4.31 Å². The Morgan fingerprint density at radius 3 is 2.31 bits per heavy atom. The van der Waals surface area contributed by atoms with Crippen molar-refractivity contribution < 1.29 is 23.2 Å². The Hall–Kier alpha value is -2.78. The van der Waals surface area contributed by atoms with Gasteiger partial charge in [0.2, 0.25) is 10.0 Å². The second kappa shape index (κ2) is 8.07. The Morgan fingerprint density at radius 1 is 1.15 bits per heavy atom. The number of nitro groups is 1. The van der Waals surface area contributed by atoms with Crippen LogP contribution in [-0.2, 0) is 27.1 Å². The van der Waals surface area contributed by atoms with Crippen molar-refractivity contribution in [3.8, 4) is 0 Å². The van der Waals surface area contributed by atoms with E-state index in [9.17, 15) is 28.4 Å². The topological polar surface area (TPSA) is 118 Å². The van der Waals surface area contributed by atoms with E-state index in [2.05, 4.69) is 0 Å². The smallest absolute Gasteiger partial charge is 0.321 e. The van der Waals surface area contributed by atoms with Gasteiger partial charge in [0, 0.05) is 18.2 Å². The first-order chi connectivity index (χ1) is 12.2. The molecule has 8 nitrogen and oxygen atoms in total. The van der Waals surface area contributed by atoms with E-state index in [4.69, 9.17) is 0 Å². The van der Waals surface area contributed by atoms with Crippen molar-refractivity contribution in [2.24, 2.45) is 0 Å². The highest BCUT2D eigenvalue weighted by molar-refractivity contribution is 7.88. The highest BCUT2D eigenvalue weighted by Gasteiger charge is 2.33. The molecule has 0 saturated carbocycles. The Kier molecular flexibility index (Phi) is 6.06. The van der Waals surface area contributed by atoms with Crippen LogP contribution < -0.4 is 0 Å². The summed E-state index contributed by atoms with van der Waals surface area (Å²) in [7, 11) is -4.03. The average molecular weight is 378 g/mol. The predicted molar refractivity (Wildman–Crippen MR) is 94.8 cm³/mol. The summed E-state index contributed by atoms with van der Waals surface area (Å²) >= 11 is 0. The maximum atomic E-state index is 12.8. The van der Waals surface area contributed by atoms with Crippen molar-refractivity contribution in [2.45, 2.75) is 25.3 Å². The number of carboxylic acids is 1. The van der Waals surface area contributed by atoms with Crippen LogP contribution in [0.3, 0.4) is 0 Å². The molecule has 2 aromatic carbocycles. The molecule has 0 aromatic heterocycles. The molecule has 0 radical (unpaired) electrons. The molecule has 0 bridgehead atoms. The van der Waals surface area contributed by atoms with Gasteiger partial charge in [0.15, 0.2) is 0 Å². The molecular weight excluding hydrogens is 360 g/mol. The Labute approximate surface area is 150 Å². The van der Waals surface area contributed by atoms with E-state index >= 15 is 0 Å². The third kappa shape index (κ3) is 4.64. The van der Waals surface area contributed by atoms with Crippen LogP contribution in [0.2, 0.25) is 0 Å². The van der Waals surface area contributed by atoms with Gasteiger partial charge in [-0.15, -0.1) is 0 Å². The molecule has 9 heteroatoms. The number of hydrogen-bond acceptors (Lipinski definition) is 5. The quantitative estimate of drug-likeness (QED) is 0.557. The van der Waals surface area contributed by atoms with Crippen LogP contribution in [0.4, 0.5) is 5.69 Å². The second-order valence-electron chi connectivity index (χ2n) is 5.69. The van der Waals surface area contributed by atoms with Gasteiger partial charge in [-0.2, -0.15) is 4.31 Å². The maximum Gasteiger partial charge on any atom is 0.321 e. The van der Waals surface area contributed by atoms with Crippen LogP contribution >= 0.6 is 0 Å². The van der Waals surface area contributed by atoms with Crippen LogP contribution in [0.5, 0.6) is 0 Å². The van der Waals surface area contributed by atoms with Gasteiger partial charge in [0.1, 0.15) is 6.04 Å². The number of aliphatic carboxylic acids is 1. The minimum Gasteiger partial charge on any atom is -0.480 e. The number of nitrogens with zero attached hydrogens (tertiary/aromatic N) is 2. The molecule has 0 saturated heterocycles. The van der Waals surface area contributed by atoms with Gasteiger partial charge in [-0.3, -0.25) is 14.9 Å². The van der Waals surface area contributed by atoms with Gasteiger partial charge in [-0.1, -0.05) is 48.5 Å². The summed E-state index contributed by atoms with van der Waals surface area (Å²) in [6, 6.07) is 12.6. The summed E-state index contributed by atoms with van der Waals surface area (Å²) in [6.07, 6.45) is 0. The molecule has 138 valence electrons. The van der Waals surface area contributed by atoms with Crippen LogP contribution in [0.15, 0.2) is 54.6 Å². The monoisotopic (exact) mass is 378 g/mol. The molecule has 2 aromatic rings. The first-order valence-corrected chi connectivity index (χ1v) is 9.32. The van der Waals surface area contributed by atoms with Gasteiger partial charge >= 0.3 is 5.97 Å². The third-order valence-corrected chi connectivity index (χ3v) is 5.71. The highest BCUT2D eigenvalue weighted by atomic mass is 32.2. The molecule has 0 aliphatic heterocycles. The lowest BCUT2D eigenvalue weighted by atomic mass is 10.1. The normalized spacial score (nSPS) is 12.7. The molecule has 0 aliphatic rings. The van der Waals surface area contributed by atoms with E-state index in [1.165, 1.54) is 31.2 Å². The predicted octanol–water partition coefficient (Wildman–Crippen LogP) is 2.40. The summed E-state index contributed by atoms with van der Waals surface area (Å²) in [6.45, 7) is 0.833.